The second-order valence-electron chi connectivity index (χ2n) is 7.18. The van der Waals surface area contributed by atoms with Crippen molar-refractivity contribution in [2.45, 2.75) is 25.3 Å². The number of nitrogens with one attached hydrogen (secondary N) is 2. The van der Waals surface area contributed by atoms with Gasteiger partial charge in [0.25, 0.3) is 5.91 Å². The molecule has 1 unspecified atom stereocenters. The average Bonchev–Trinajstić information content (AvgIpc) is 3.15. The molecule has 2 N–H and O–H groups in total. The van der Waals surface area contributed by atoms with Crippen molar-refractivity contribution in [1.82, 2.24) is 9.88 Å². The number of nitrogens with zero attached hydrogens (tertiary/aromatic N) is 2. The standard InChI is InChI=1S/C22H23ClN4O3S/c1-3-22(21(28)25-14-5-13-24,16-8-10-17(23)11-9-16)27-15-12-18-19(26-31(2,29)30)6-4-7-20(18)27/h4,6-12,15,26H,3,5,14H2,1-2H3,(H,25,28). The molecule has 1 atom stereocenters. The highest BCUT2D eigenvalue weighted by atomic mass is 35.5. The molecule has 3 rings (SSSR count). The Balaban J connectivity index is 2.23. The van der Waals surface area contributed by atoms with E-state index in [1.165, 1.54) is 0 Å². The lowest BCUT2D eigenvalue weighted by atomic mass is 9.85. The number of hydrogen-bond donors (Lipinski definition) is 2. The van der Waals surface area contributed by atoms with E-state index in [1.54, 1.807) is 48.7 Å². The molecule has 31 heavy (non-hydrogen) atoms. The Morgan fingerprint density at radius 2 is 1.90 bits per heavy atom. The van der Waals surface area contributed by atoms with E-state index in [9.17, 15) is 13.2 Å². The van der Waals surface area contributed by atoms with Gasteiger partial charge in [-0.3, -0.25) is 9.52 Å². The maximum Gasteiger partial charge on any atom is 0.250 e. The summed E-state index contributed by atoms with van der Waals surface area (Å²) in [6.45, 7) is 2.13. The first kappa shape index (κ1) is 22.7. The molecule has 0 aliphatic rings. The second-order valence-corrected chi connectivity index (χ2v) is 9.37. The smallest absolute Gasteiger partial charge is 0.250 e. The lowest BCUT2D eigenvalue weighted by Crippen LogP contribution is -2.49. The van der Waals surface area contributed by atoms with Crippen molar-refractivity contribution in [3.05, 3.63) is 65.3 Å². The molecule has 1 heterocycles. The number of rotatable bonds is 8. The highest BCUT2D eigenvalue weighted by Crippen LogP contribution is 2.37. The molecule has 162 valence electrons. The van der Waals surface area contributed by atoms with E-state index in [0.717, 1.165) is 11.8 Å². The van der Waals surface area contributed by atoms with Gasteiger partial charge in [0, 0.05) is 23.2 Å². The number of sulfonamides is 1. The normalized spacial score (nSPS) is 13.4. The molecule has 0 aliphatic heterocycles. The maximum absolute atomic E-state index is 13.5. The quantitative estimate of drug-likeness (QED) is 0.500. The predicted molar refractivity (Wildman–Crippen MR) is 122 cm³/mol. The molecule has 7 nitrogen and oxygen atoms in total. The van der Waals surface area contributed by atoms with Gasteiger partial charge in [-0.1, -0.05) is 36.7 Å². The monoisotopic (exact) mass is 458 g/mol. The third-order valence-electron chi connectivity index (χ3n) is 5.17. The molecule has 1 aromatic heterocycles. The van der Waals surface area contributed by atoms with Gasteiger partial charge < -0.3 is 9.88 Å². The van der Waals surface area contributed by atoms with Crippen LogP contribution in [-0.4, -0.2) is 31.7 Å². The van der Waals surface area contributed by atoms with Crippen molar-refractivity contribution in [2.75, 3.05) is 17.5 Å². The van der Waals surface area contributed by atoms with Crippen molar-refractivity contribution in [3.63, 3.8) is 0 Å². The number of benzene rings is 2. The first-order valence-electron chi connectivity index (χ1n) is 9.72. The molecule has 0 fully saturated rings. The van der Waals surface area contributed by atoms with Crippen LogP contribution in [-0.2, 0) is 20.4 Å². The van der Waals surface area contributed by atoms with E-state index in [-0.39, 0.29) is 18.9 Å². The summed E-state index contributed by atoms with van der Waals surface area (Å²) in [6.07, 6.45) is 3.48. The number of amides is 1. The van der Waals surface area contributed by atoms with Crippen molar-refractivity contribution < 1.29 is 13.2 Å². The van der Waals surface area contributed by atoms with Crippen LogP contribution in [0.25, 0.3) is 10.9 Å². The number of carbonyl (C=O) groups excluding carboxylic acids is 1. The molecular weight excluding hydrogens is 436 g/mol. The lowest BCUT2D eigenvalue weighted by molar-refractivity contribution is -0.128. The Labute approximate surface area is 186 Å². The van der Waals surface area contributed by atoms with Gasteiger partial charge in [-0.05, 0) is 42.3 Å². The topological polar surface area (TPSA) is 104 Å². The number of nitriles is 1. The second kappa shape index (κ2) is 9.00. The maximum atomic E-state index is 13.5. The summed E-state index contributed by atoms with van der Waals surface area (Å²) in [5, 5.41) is 12.9. The van der Waals surface area contributed by atoms with E-state index in [1.807, 2.05) is 23.6 Å². The zero-order chi connectivity index (χ0) is 22.6. The van der Waals surface area contributed by atoms with Gasteiger partial charge in [0.1, 0.15) is 5.54 Å². The molecule has 9 heteroatoms. The van der Waals surface area contributed by atoms with Gasteiger partial charge in [0.2, 0.25) is 10.0 Å². The van der Waals surface area contributed by atoms with Gasteiger partial charge in [-0.25, -0.2) is 8.42 Å². The minimum atomic E-state index is -3.47. The number of hydrogen-bond acceptors (Lipinski definition) is 4. The molecule has 0 saturated carbocycles. The molecule has 0 aliphatic carbocycles. The average molecular weight is 459 g/mol. The molecule has 2 aromatic carbocycles. The fourth-order valence-electron chi connectivity index (χ4n) is 3.81. The summed E-state index contributed by atoms with van der Waals surface area (Å²) in [7, 11) is -3.47. The van der Waals surface area contributed by atoms with E-state index in [0.29, 0.717) is 28.0 Å². The number of aromatic nitrogens is 1. The third kappa shape index (κ3) is 4.53. The molecule has 0 radical (unpaired) electrons. The molecule has 0 saturated heterocycles. The predicted octanol–water partition coefficient (Wildman–Crippen LogP) is 3.85. The minimum Gasteiger partial charge on any atom is -0.353 e. The van der Waals surface area contributed by atoms with Crippen molar-refractivity contribution in [1.29, 1.82) is 5.26 Å². The largest absolute Gasteiger partial charge is 0.353 e. The molecule has 0 bridgehead atoms. The Bertz CT molecular complexity index is 1250. The highest BCUT2D eigenvalue weighted by molar-refractivity contribution is 7.92. The number of carbonyl (C=O) groups is 1. The van der Waals surface area contributed by atoms with Crippen LogP contribution in [0.3, 0.4) is 0 Å². The van der Waals surface area contributed by atoms with E-state index in [2.05, 4.69) is 10.0 Å². The Morgan fingerprint density at radius 3 is 2.52 bits per heavy atom. The first-order chi connectivity index (χ1) is 14.7. The highest BCUT2D eigenvalue weighted by Gasteiger charge is 2.41. The summed E-state index contributed by atoms with van der Waals surface area (Å²) in [6, 6.07) is 16.1. The zero-order valence-electron chi connectivity index (χ0n) is 17.2. The SMILES string of the molecule is CCC(C(=O)NCCC#N)(c1ccc(Cl)cc1)n1ccc2c(NS(C)(=O)=O)cccc21. The van der Waals surface area contributed by atoms with E-state index < -0.39 is 15.6 Å². The Morgan fingerprint density at radius 1 is 1.19 bits per heavy atom. The van der Waals surface area contributed by atoms with E-state index in [4.69, 9.17) is 16.9 Å². The van der Waals surface area contributed by atoms with E-state index >= 15 is 0 Å². The summed E-state index contributed by atoms with van der Waals surface area (Å²) in [4.78, 5) is 13.5. The van der Waals surface area contributed by atoms with Crippen LogP contribution in [0.15, 0.2) is 54.7 Å². The van der Waals surface area contributed by atoms with Gasteiger partial charge in [0.15, 0.2) is 0 Å². The van der Waals surface area contributed by atoms with Gasteiger partial charge in [0.05, 0.1) is 29.9 Å². The van der Waals surface area contributed by atoms with Gasteiger partial charge in [-0.2, -0.15) is 5.26 Å². The summed E-state index contributed by atoms with van der Waals surface area (Å²) < 4.78 is 28.0. The van der Waals surface area contributed by atoms with Crippen LogP contribution in [0, 0.1) is 11.3 Å². The fourth-order valence-corrected chi connectivity index (χ4v) is 4.51. The Hall–Kier alpha value is -3.02. The number of halogens is 1. The third-order valence-corrected chi connectivity index (χ3v) is 6.01. The van der Waals surface area contributed by atoms with Crippen LogP contribution in [0.1, 0.15) is 25.3 Å². The number of anilines is 1. The zero-order valence-corrected chi connectivity index (χ0v) is 18.8. The molecule has 1 amide bonds. The fraction of sp³-hybridized carbons (Fsp3) is 0.273. The molecular formula is C22H23ClN4O3S. The van der Waals surface area contributed by atoms with Crippen LogP contribution in [0.2, 0.25) is 5.02 Å². The lowest BCUT2D eigenvalue weighted by Gasteiger charge is -2.35. The molecule has 0 spiro atoms. The van der Waals surface area contributed by atoms with Crippen LogP contribution < -0.4 is 10.0 Å². The number of fused-ring (bicyclic) bond motifs is 1. The van der Waals surface area contributed by atoms with Gasteiger partial charge >= 0.3 is 0 Å². The van der Waals surface area contributed by atoms with Gasteiger partial charge in [-0.15, -0.1) is 0 Å². The Kier molecular flexibility index (Phi) is 6.58. The summed E-state index contributed by atoms with van der Waals surface area (Å²) in [5.74, 6) is -0.258. The van der Waals surface area contributed by atoms with Crippen molar-refractivity contribution in [2.24, 2.45) is 0 Å². The first-order valence-corrected chi connectivity index (χ1v) is 12.0. The van der Waals surface area contributed by atoms with Crippen molar-refractivity contribution >= 4 is 44.1 Å². The minimum absolute atomic E-state index is 0.195. The van der Waals surface area contributed by atoms with Crippen LogP contribution in [0.4, 0.5) is 5.69 Å². The van der Waals surface area contributed by atoms with Crippen LogP contribution >= 0.6 is 11.6 Å². The summed E-state index contributed by atoms with van der Waals surface area (Å²) in [5.41, 5.74) is 0.740. The van der Waals surface area contributed by atoms with Crippen molar-refractivity contribution in [3.8, 4) is 6.07 Å². The summed E-state index contributed by atoms with van der Waals surface area (Å²) >= 11 is 6.08. The molecule has 3 aromatic rings. The van der Waals surface area contributed by atoms with Crippen LogP contribution in [0.5, 0.6) is 0 Å².